The lowest BCUT2D eigenvalue weighted by atomic mass is 10.2. The zero-order chi connectivity index (χ0) is 12.4. The molecule has 6 heteroatoms. The summed E-state index contributed by atoms with van der Waals surface area (Å²) in [6, 6.07) is 0.163. The summed E-state index contributed by atoms with van der Waals surface area (Å²) in [5.74, 6) is 0.934. The maximum absolute atomic E-state index is 4.18. The smallest absolute Gasteiger partial charge is 0.149 e. The van der Waals surface area contributed by atoms with Crippen molar-refractivity contribution in [3.63, 3.8) is 0 Å². The second-order valence-electron chi connectivity index (χ2n) is 4.32. The van der Waals surface area contributed by atoms with Crippen molar-refractivity contribution in [2.45, 2.75) is 33.4 Å². The van der Waals surface area contributed by atoms with E-state index in [1.807, 2.05) is 25.5 Å². The van der Waals surface area contributed by atoms with Gasteiger partial charge in [-0.3, -0.25) is 5.10 Å². The van der Waals surface area contributed by atoms with Crippen LogP contribution >= 0.6 is 0 Å². The second-order valence-corrected chi connectivity index (χ2v) is 4.32. The van der Waals surface area contributed by atoms with Crippen LogP contribution in [0.2, 0.25) is 0 Å². The molecule has 2 aromatic heterocycles. The lowest BCUT2D eigenvalue weighted by Gasteiger charge is -2.12. The standard InChI is InChI=1S/C11H18N6/c1-7-10(8(2)15-14-7)5-12-9(3)11-16-13-6-17(11)4/h6,9,12H,5H2,1-4H3,(H,14,15). The van der Waals surface area contributed by atoms with Crippen molar-refractivity contribution in [2.24, 2.45) is 7.05 Å². The van der Waals surface area contributed by atoms with E-state index in [-0.39, 0.29) is 6.04 Å². The Bertz CT molecular complexity index is 478. The van der Waals surface area contributed by atoms with E-state index >= 15 is 0 Å². The van der Waals surface area contributed by atoms with Crippen LogP contribution in [-0.2, 0) is 13.6 Å². The summed E-state index contributed by atoms with van der Waals surface area (Å²) in [5.41, 5.74) is 3.37. The molecule has 1 atom stereocenters. The molecule has 0 aliphatic heterocycles. The fourth-order valence-electron chi connectivity index (χ4n) is 1.87. The number of aryl methyl sites for hydroxylation is 3. The van der Waals surface area contributed by atoms with Crippen molar-refractivity contribution in [2.75, 3.05) is 0 Å². The first kappa shape index (κ1) is 11.8. The number of H-pyrrole nitrogens is 1. The van der Waals surface area contributed by atoms with Crippen LogP contribution < -0.4 is 5.32 Å². The van der Waals surface area contributed by atoms with E-state index in [1.54, 1.807) is 6.33 Å². The summed E-state index contributed by atoms with van der Waals surface area (Å²) in [6.45, 7) is 6.90. The lowest BCUT2D eigenvalue weighted by molar-refractivity contribution is 0.527. The van der Waals surface area contributed by atoms with Crippen LogP contribution in [0.5, 0.6) is 0 Å². The van der Waals surface area contributed by atoms with Crippen LogP contribution in [0, 0.1) is 13.8 Å². The second kappa shape index (κ2) is 4.67. The van der Waals surface area contributed by atoms with E-state index in [0.29, 0.717) is 0 Å². The third kappa shape index (κ3) is 2.36. The number of aromatic nitrogens is 5. The van der Waals surface area contributed by atoms with Crippen molar-refractivity contribution < 1.29 is 0 Å². The first-order chi connectivity index (χ1) is 8.09. The van der Waals surface area contributed by atoms with Crippen molar-refractivity contribution in [1.82, 2.24) is 30.3 Å². The van der Waals surface area contributed by atoms with Gasteiger partial charge in [-0.05, 0) is 20.8 Å². The zero-order valence-corrected chi connectivity index (χ0v) is 10.7. The highest BCUT2D eigenvalue weighted by Gasteiger charge is 2.12. The molecule has 2 heterocycles. The average Bonchev–Trinajstić information content (AvgIpc) is 2.84. The van der Waals surface area contributed by atoms with Gasteiger partial charge in [-0.1, -0.05) is 0 Å². The van der Waals surface area contributed by atoms with Crippen LogP contribution in [0.3, 0.4) is 0 Å². The molecule has 0 aromatic carbocycles. The van der Waals surface area contributed by atoms with Crippen molar-refractivity contribution in [3.8, 4) is 0 Å². The third-order valence-corrected chi connectivity index (χ3v) is 3.00. The van der Waals surface area contributed by atoms with E-state index in [4.69, 9.17) is 0 Å². The highest BCUT2D eigenvalue weighted by Crippen LogP contribution is 2.12. The average molecular weight is 234 g/mol. The van der Waals surface area contributed by atoms with Gasteiger partial charge in [0.2, 0.25) is 0 Å². The van der Waals surface area contributed by atoms with Crippen molar-refractivity contribution >= 4 is 0 Å². The van der Waals surface area contributed by atoms with Crippen LogP contribution in [0.1, 0.15) is 35.7 Å². The number of hydrogen-bond donors (Lipinski definition) is 2. The fourth-order valence-corrected chi connectivity index (χ4v) is 1.87. The van der Waals surface area contributed by atoms with Crippen molar-refractivity contribution in [1.29, 1.82) is 0 Å². The summed E-state index contributed by atoms with van der Waals surface area (Å²) >= 11 is 0. The van der Waals surface area contributed by atoms with Crippen molar-refractivity contribution in [3.05, 3.63) is 29.1 Å². The topological polar surface area (TPSA) is 71.4 Å². The van der Waals surface area contributed by atoms with E-state index in [2.05, 4.69) is 32.6 Å². The molecule has 0 saturated heterocycles. The van der Waals surface area contributed by atoms with Gasteiger partial charge in [0.1, 0.15) is 12.2 Å². The molecule has 0 aliphatic carbocycles. The van der Waals surface area contributed by atoms with Gasteiger partial charge in [-0.15, -0.1) is 10.2 Å². The van der Waals surface area contributed by atoms with E-state index < -0.39 is 0 Å². The molecule has 0 spiro atoms. The third-order valence-electron chi connectivity index (χ3n) is 3.00. The Balaban J connectivity index is 2.02. The maximum atomic E-state index is 4.18. The monoisotopic (exact) mass is 234 g/mol. The van der Waals surface area contributed by atoms with Crippen LogP contribution in [-0.4, -0.2) is 25.0 Å². The SMILES string of the molecule is Cc1n[nH]c(C)c1CNC(C)c1nncn1C. The molecule has 1 unspecified atom stereocenters. The minimum Gasteiger partial charge on any atom is -0.319 e. The normalized spacial score (nSPS) is 12.9. The molecule has 17 heavy (non-hydrogen) atoms. The Morgan fingerprint density at radius 2 is 2.24 bits per heavy atom. The molecule has 2 N–H and O–H groups in total. The summed E-state index contributed by atoms with van der Waals surface area (Å²) < 4.78 is 1.92. The molecule has 0 aliphatic rings. The lowest BCUT2D eigenvalue weighted by Crippen LogP contribution is -2.21. The molecule has 6 nitrogen and oxygen atoms in total. The molecule has 0 saturated carbocycles. The predicted molar refractivity (Wildman–Crippen MR) is 64.3 cm³/mol. The number of rotatable bonds is 4. The number of hydrogen-bond acceptors (Lipinski definition) is 4. The minimum absolute atomic E-state index is 0.163. The highest BCUT2D eigenvalue weighted by molar-refractivity contribution is 5.22. The Hall–Kier alpha value is -1.69. The Morgan fingerprint density at radius 1 is 1.47 bits per heavy atom. The van der Waals surface area contributed by atoms with Crippen LogP contribution in [0.25, 0.3) is 0 Å². The van der Waals surface area contributed by atoms with Gasteiger partial charge in [-0.25, -0.2) is 0 Å². The number of nitrogens with zero attached hydrogens (tertiary/aromatic N) is 4. The molecule has 2 aromatic rings. The van der Waals surface area contributed by atoms with Gasteiger partial charge in [0.15, 0.2) is 0 Å². The molecule has 0 amide bonds. The molecule has 2 rings (SSSR count). The predicted octanol–water partition coefficient (Wildman–Crippen LogP) is 1.01. The molecule has 0 fully saturated rings. The quantitative estimate of drug-likeness (QED) is 0.828. The Kier molecular flexibility index (Phi) is 3.23. The van der Waals surface area contributed by atoms with E-state index in [9.17, 15) is 0 Å². The number of aromatic amines is 1. The molecule has 92 valence electrons. The summed E-state index contributed by atoms with van der Waals surface area (Å²) in [6.07, 6.45) is 1.71. The Morgan fingerprint density at radius 3 is 2.76 bits per heavy atom. The fraction of sp³-hybridized carbons (Fsp3) is 0.545. The Labute approximate surface area is 100 Å². The number of nitrogens with one attached hydrogen (secondary N) is 2. The van der Waals surface area contributed by atoms with Gasteiger partial charge in [0.05, 0.1) is 11.7 Å². The summed E-state index contributed by atoms with van der Waals surface area (Å²) in [5, 5.41) is 18.6. The van der Waals surface area contributed by atoms with Gasteiger partial charge in [-0.2, -0.15) is 5.10 Å². The van der Waals surface area contributed by atoms with E-state index in [1.165, 1.54) is 5.56 Å². The molecular formula is C11H18N6. The highest BCUT2D eigenvalue weighted by atomic mass is 15.3. The zero-order valence-electron chi connectivity index (χ0n) is 10.7. The van der Waals surface area contributed by atoms with Crippen LogP contribution in [0.4, 0.5) is 0 Å². The van der Waals surface area contributed by atoms with Gasteiger partial charge >= 0.3 is 0 Å². The maximum Gasteiger partial charge on any atom is 0.149 e. The summed E-state index contributed by atoms with van der Waals surface area (Å²) in [4.78, 5) is 0. The van der Waals surface area contributed by atoms with E-state index in [0.717, 1.165) is 23.8 Å². The van der Waals surface area contributed by atoms with Crippen LogP contribution in [0.15, 0.2) is 6.33 Å². The largest absolute Gasteiger partial charge is 0.319 e. The molecular weight excluding hydrogens is 216 g/mol. The first-order valence-corrected chi connectivity index (χ1v) is 5.67. The summed E-state index contributed by atoms with van der Waals surface area (Å²) in [7, 11) is 1.95. The van der Waals surface area contributed by atoms with Gasteiger partial charge < -0.3 is 9.88 Å². The van der Waals surface area contributed by atoms with Gasteiger partial charge in [0.25, 0.3) is 0 Å². The molecule has 0 bridgehead atoms. The first-order valence-electron chi connectivity index (χ1n) is 5.67. The molecule has 0 radical (unpaired) electrons. The van der Waals surface area contributed by atoms with Gasteiger partial charge in [0, 0.05) is 24.8 Å². The minimum atomic E-state index is 0.163.